The lowest BCUT2D eigenvalue weighted by atomic mass is 10.2. The van der Waals surface area contributed by atoms with Crippen molar-refractivity contribution in [3.63, 3.8) is 0 Å². The highest BCUT2D eigenvalue weighted by Gasteiger charge is 2.18. The Hall–Kier alpha value is -1.14. The van der Waals surface area contributed by atoms with Crippen molar-refractivity contribution in [2.75, 3.05) is 53.0 Å². The van der Waals surface area contributed by atoms with Crippen molar-refractivity contribution in [3.8, 4) is 5.75 Å². The van der Waals surface area contributed by atoms with Crippen molar-refractivity contribution in [2.24, 2.45) is 0 Å². The molecule has 0 spiro atoms. The van der Waals surface area contributed by atoms with Gasteiger partial charge < -0.3 is 19.5 Å². The van der Waals surface area contributed by atoms with Crippen molar-refractivity contribution < 1.29 is 14.6 Å². The molecule has 124 valence electrons. The van der Waals surface area contributed by atoms with Crippen molar-refractivity contribution in [1.29, 1.82) is 0 Å². The lowest BCUT2D eigenvalue weighted by molar-refractivity contribution is 0.00176. The number of hydrogen-bond acceptors (Lipinski definition) is 5. The maximum Gasteiger partial charge on any atom is 0.118 e. The smallest absolute Gasteiger partial charge is 0.118 e. The number of β-amino-alcohol motifs (C(OH)–C–C–N with tert-alkyl or cyclic N) is 1. The van der Waals surface area contributed by atoms with Crippen LogP contribution in [0.3, 0.4) is 0 Å². The Kier molecular flexibility index (Phi) is 7.12. The summed E-state index contributed by atoms with van der Waals surface area (Å²) in [6, 6.07) is 7.80. The summed E-state index contributed by atoms with van der Waals surface area (Å²) in [5, 5.41) is 10.1. The van der Waals surface area contributed by atoms with Gasteiger partial charge in [0, 0.05) is 32.7 Å². The number of piperazine rings is 1. The molecule has 1 atom stereocenters. The van der Waals surface area contributed by atoms with Crippen molar-refractivity contribution in [2.45, 2.75) is 19.6 Å². The van der Waals surface area contributed by atoms with E-state index in [1.807, 2.05) is 24.3 Å². The summed E-state index contributed by atoms with van der Waals surface area (Å²) in [7, 11) is 1.65. The molecule has 1 aromatic carbocycles. The van der Waals surface area contributed by atoms with Crippen LogP contribution in [-0.4, -0.2) is 74.0 Å². The third-order valence-electron chi connectivity index (χ3n) is 4.12. The molecule has 1 unspecified atom stereocenters. The van der Waals surface area contributed by atoms with Crippen LogP contribution in [0.4, 0.5) is 0 Å². The number of nitrogens with zero attached hydrogens (tertiary/aromatic N) is 2. The minimum absolute atomic E-state index is 0.375. The number of methoxy groups -OCH3 is 1. The molecule has 1 saturated heterocycles. The first-order valence-electron chi connectivity index (χ1n) is 8.04. The van der Waals surface area contributed by atoms with Crippen molar-refractivity contribution in [3.05, 3.63) is 29.8 Å². The summed E-state index contributed by atoms with van der Waals surface area (Å²) in [5.41, 5.74) is 1.09. The summed E-state index contributed by atoms with van der Waals surface area (Å²) >= 11 is 0. The van der Waals surface area contributed by atoms with Gasteiger partial charge in [-0.3, -0.25) is 4.90 Å². The van der Waals surface area contributed by atoms with Gasteiger partial charge in [0.25, 0.3) is 0 Å². The van der Waals surface area contributed by atoms with E-state index in [0.29, 0.717) is 19.8 Å². The maximum absolute atomic E-state index is 10.1. The zero-order valence-corrected chi connectivity index (χ0v) is 13.7. The van der Waals surface area contributed by atoms with Crippen LogP contribution in [0, 0.1) is 0 Å². The Morgan fingerprint density at radius 2 is 1.73 bits per heavy atom. The second-order valence-electron chi connectivity index (χ2n) is 5.75. The lowest BCUT2D eigenvalue weighted by Crippen LogP contribution is -2.48. The van der Waals surface area contributed by atoms with Crippen LogP contribution < -0.4 is 4.74 Å². The number of likely N-dealkylation sites (N-methyl/N-ethyl adjacent to an activating group) is 1. The minimum atomic E-state index is -0.425. The molecule has 0 aliphatic carbocycles. The number of ether oxygens (including phenoxy) is 2. The van der Waals surface area contributed by atoms with Crippen LogP contribution in [0.2, 0.25) is 0 Å². The minimum Gasteiger partial charge on any atom is -0.497 e. The molecule has 0 aromatic heterocycles. The van der Waals surface area contributed by atoms with Gasteiger partial charge in [-0.2, -0.15) is 0 Å². The van der Waals surface area contributed by atoms with Gasteiger partial charge in [-0.1, -0.05) is 19.1 Å². The zero-order chi connectivity index (χ0) is 15.8. The first kappa shape index (κ1) is 17.2. The fraction of sp³-hybridized carbons (Fsp3) is 0.647. The van der Waals surface area contributed by atoms with E-state index in [9.17, 15) is 5.11 Å². The van der Waals surface area contributed by atoms with Gasteiger partial charge in [0.15, 0.2) is 0 Å². The van der Waals surface area contributed by atoms with E-state index in [2.05, 4.69) is 16.7 Å². The molecule has 1 N–H and O–H groups in total. The third-order valence-corrected chi connectivity index (χ3v) is 4.12. The van der Waals surface area contributed by atoms with E-state index in [0.717, 1.165) is 44.0 Å². The highest BCUT2D eigenvalue weighted by molar-refractivity contribution is 5.26. The molecule has 5 nitrogen and oxygen atoms in total. The normalized spacial score (nSPS) is 18.3. The number of aliphatic hydroxyl groups is 1. The fourth-order valence-electron chi connectivity index (χ4n) is 2.67. The molecule has 0 bridgehead atoms. The Labute approximate surface area is 133 Å². The van der Waals surface area contributed by atoms with E-state index >= 15 is 0 Å². The van der Waals surface area contributed by atoms with Crippen LogP contribution in [0.15, 0.2) is 24.3 Å². The molecule has 22 heavy (non-hydrogen) atoms. The molecule has 1 fully saturated rings. The standard InChI is InChI=1S/C17H28N2O3/c1-3-18-8-10-19(11-9-18)12-16(20)14-22-13-15-4-6-17(21-2)7-5-15/h4-7,16,20H,3,8-14H2,1-2H3. The third kappa shape index (κ3) is 5.57. The monoisotopic (exact) mass is 308 g/mol. The summed E-state index contributed by atoms with van der Waals surface area (Å²) in [6.07, 6.45) is -0.425. The summed E-state index contributed by atoms with van der Waals surface area (Å²) in [4.78, 5) is 4.75. The maximum atomic E-state index is 10.1. The van der Waals surface area contributed by atoms with Gasteiger partial charge >= 0.3 is 0 Å². The highest BCUT2D eigenvalue weighted by Crippen LogP contribution is 2.12. The molecule has 0 amide bonds. The average Bonchev–Trinajstić information content (AvgIpc) is 2.56. The van der Waals surface area contributed by atoms with E-state index in [4.69, 9.17) is 9.47 Å². The van der Waals surface area contributed by atoms with Gasteiger partial charge in [-0.05, 0) is 24.2 Å². The summed E-state index contributed by atoms with van der Waals surface area (Å²) in [6.45, 7) is 9.14. The van der Waals surface area contributed by atoms with E-state index < -0.39 is 6.10 Å². The largest absolute Gasteiger partial charge is 0.497 e. The van der Waals surface area contributed by atoms with Gasteiger partial charge in [0.2, 0.25) is 0 Å². The average molecular weight is 308 g/mol. The Balaban J connectivity index is 1.62. The molecule has 0 saturated carbocycles. The zero-order valence-electron chi connectivity index (χ0n) is 13.7. The van der Waals surface area contributed by atoms with E-state index in [1.165, 1.54) is 0 Å². The molecule has 1 aromatic rings. The van der Waals surface area contributed by atoms with Crippen LogP contribution in [0.25, 0.3) is 0 Å². The van der Waals surface area contributed by atoms with Crippen LogP contribution in [0.5, 0.6) is 5.75 Å². The molecule has 1 heterocycles. The predicted octanol–water partition coefficient (Wildman–Crippen LogP) is 1.21. The summed E-state index contributed by atoms with van der Waals surface area (Å²) in [5.74, 6) is 0.843. The quantitative estimate of drug-likeness (QED) is 0.782. The molecule has 1 aliphatic rings. The molecule has 2 rings (SSSR count). The fourth-order valence-corrected chi connectivity index (χ4v) is 2.67. The number of rotatable bonds is 8. The molecule has 5 heteroatoms. The van der Waals surface area contributed by atoms with Gasteiger partial charge in [-0.25, -0.2) is 0 Å². The Morgan fingerprint density at radius 1 is 1.09 bits per heavy atom. The SMILES string of the molecule is CCN1CCN(CC(O)COCc2ccc(OC)cc2)CC1. The van der Waals surface area contributed by atoms with Gasteiger partial charge in [0.05, 0.1) is 26.4 Å². The number of hydrogen-bond donors (Lipinski definition) is 1. The number of aliphatic hydroxyl groups excluding tert-OH is 1. The van der Waals surface area contributed by atoms with Crippen LogP contribution in [-0.2, 0) is 11.3 Å². The van der Waals surface area contributed by atoms with Gasteiger partial charge in [-0.15, -0.1) is 0 Å². The van der Waals surface area contributed by atoms with Crippen molar-refractivity contribution in [1.82, 2.24) is 9.80 Å². The van der Waals surface area contributed by atoms with Crippen molar-refractivity contribution >= 4 is 0 Å². The highest BCUT2D eigenvalue weighted by atomic mass is 16.5. The molecular weight excluding hydrogens is 280 g/mol. The lowest BCUT2D eigenvalue weighted by Gasteiger charge is -2.34. The topological polar surface area (TPSA) is 45.2 Å². The first-order valence-corrected chi connectivity index (χ1v) is 8.04. The van der Waals surface area contributed by atoms with E-state index in [-0.39, 0.29) is 0 Å². The first-order chi connectivity index (χ1) is 10.7. The van der Waals surface area contributed by atoms with Crippen LogP contribution >= 0.6 is 0 Å². The molecule has 0 radical (unpaired) electrons. The summed E-state index contributed by atoms with van der Waals surface area (Å²) < 4.78 is 10.7. The Bertz CT molecular complexity index is 416. The second-order valence-corrected chi connectivity index (χ2v) is 5.75. The molecule has 1 aliphatic heterocycles. The Morgan fingerprint density at radius 3 is 2.32 bits per heavy atom. The number of benzene rings is 1. The predicted molar refractivity (Wildman–Crippen MR) is 87.2 cm³/mol. The van der Waals surface area contributed by atoms with E-state index in [1.54, 1.807) is 7.11 Å². The van der Waals surface area contributed by atoms with Gasteiger partial charge in [0.1, 0.15) is 5.75 Å². The van der Waals surface area contributed by atoms with Crippen LogP contribution in [0.1, 0.15) is 12.5 Å². The molecular formula is C17H28N2O3. The second kappa shape index (κ2) is 9.10.